The van der Waals surface area contributed by atoms with Gasteiger partial charge in [-0.15, -0.1) is 0 Å². The number of nitrogens with zero attached hydrogens (tertiary/aromatic N) is 1. The molecule has 0 aliphatic carbocycles. The van der Waals surface area contributed by atoms with Crippen molar-refractivity contribution in [3.63, 3.8) is 0 Å². The van der Waals surface area contributed by atoms with E-state index in [1.54, 1.807) is 30.3 Å². The second-order valence-electron chi connectivity index (χ2n) is 9.53. The summed E-state index contributed by atoms with van der Waals surface area (Å²) in [7, 11) is -4.00. The molecule has 1 fully saturated rings. The number of hydrogen-bond acceptors (Lipinski definition) is 9. The first kappa shape index (κ1) is 27.3. The van der Waals surface area contributed by atoms with Gasteiger partial charge in [0.2, 0.25) is 5.91 Å². The van der Waals surface area contributed by atoms with Crippen molar-refractivity contribution in [2.75, 3.05) is 36.8 Å². The van der Waals surface area contributed by atoms with Crippen molar-refractivity contribution in [3.8, 4) is 5.75 Å². The Hall–Kier alpha value is -2.73. The number of fused-ring (bicyclic) bond motifs is 1. The number of piperidine rings is 1. The predicted molar refractivity (Wildman–Crippen MR) is 149 cm³/mol. The van der Waals surface area contributed by atoms with E-state index in [4.69, 9.17) is 4.18 Å². The summed E-state index contributed by atoms with van der Waals surface area (Å²) in [5.41, 5.74) is 1.51. The van der Waals surface area contributed by atoms with Gasteiger partial charge in [0.1, 0.15) is 10.6 Å². The first-order chi connectivity index (χ1) is 17.8. The van der Waals surface area contributed by atoms with E-state index in [1.807, 2.05) is 0 Å². The molecule has 1 aliphatic heterocycles. The lowest BCUT2D eigenvalue weighted by molar-refractivity contribution is -0.116. The highest BCUT2D eigenvalue weighted by atomic mass is 32.2. The first-order valence-electron chi connectivity index (χ1n) is 12.7. The molecule has 200 valence electrons. The third-order valence-corrected chi connectivity index (χ3v) is 8.40. The van der Waals surface area contributed by atoms with Crippen LogP contribution in [0.1, 0.15) is 39.5 Å². The van der Waals surface area contributed by atoms with E-state index in [1.165, 1.54) is 23.5 Å². The Morgan fingerprint density at radius 2 is 1.89 bits per heavy atom. The summed E-state index contributed by atoms with van der Waals surface area (Å²) in [6.07, 6.45) is 3.56. The molecule has 0 saturated carbocycles. The number of rotatable bonds is 12. The zero-order valence-corrected chi connectivity index (χ0v) is 22.9. The van der Waals surface area contributed by atoms with Crippen LogP contribution < -0.4 is 25.5 Å². The summed E-state index contributed by atoms with van der Waals surface area (Å²) in [5.74, 6) is 0.733. The maximum Gasteiger partial charge on any atom is 0.339 e. The smallest absolute Gasteiger partial charge is 0.339 e. The van der Waals surface area contributed by atoms with Crippen molar-refractivity contribution >= 4 is 48.4 Å². The molecule has 2 heterocycles. The van der Waals surface area contributed by atoms with Gasteiger partial charge in [-0.2, -0.15) is 8.42 Å². The van der Waals surface area contributed by atoms with Crippen molar-refractivity contribution in [2.24, 2.45) is 5.92 Å². The second kappa shape index (κ2) is 12.7. The Bertz CT molecular complexity index is 1290. The molecule has 11 heteroatoms. The summed E-state index contributed by atoms with van der Waals surface area (Å²) < 4.78 is 31.7. The lowest BCUT2D eigenvalue weighted by Gasteiger charge is -2.21. The summed E-state index contributed by atoms with van der Waals surface area (Å²) in [6.45, 7) is 7.75. The van der Waals surface area contributed by atoms with Crippen LogP contribution in [0.25, 0.3) is 10.2 Å². The summed E-state index contributed by atoms with van der Waals surface area (Å²) in [6, 6.07) is 11.8. The van der Waals surface area contributed by atoms with Crippen molar-refractivity contribution < 1.29 is 17.4 Å². The van der Waals surface area contributed by atoms with E-state index < -0.39 is 10.1 Å². The van der Waals surface area contributed by atoms with Gasteiger partial charge in [0.15, 0.2) is 5.13 Å². The van der Waals surface area contributed by atoms with E-state index in [0.29, 0.717) is 29.0 Å². The molecule has 0 bridgehead atoms. The Morgan fingerprint density at radius 3 is 2.62 bits per heavy atom. The minimum absolute atomic E-state index is 0.0502. The zero-order valence-electron chi connectivity index (χ0n) is 21.2. The van der Waals surface area contributed by atoms with Gasteiger partial charge in [0, 0.05) is 37.3 Å². The quantitative estimate of drug-likeness (QED) is 0.197. The fourth-order valence-electron chi connectivity index (χ4n) is 4.18. The third kappa shape index (κ3) is 8.13. The fraction of sp³-hybridized carbons (Fsp3) is 0.462. The number of carbonyl (C=O) groups is 1. The van der Waals surface area contributed by atoms with Crippen LogP contribution >= 0.6 is 11.3 Å². The number of thiazole rings is 1. The SMILES string of the molecule is CC(C)NCCNc1ccc(S(=O)(=O)Oc2ccc3nc(NC(=O)CCC4CCNCC4)sc3c2)cc1. The van der Waals surface area contributed by atoms with Gasteiger partial charge in [-0.25, -0.2) is 4.98 Å². The first-order valence-corrected chi connectivity index (χ1v) is 14.9. The van der Waals surface area contributed by atoms with E-state index in [9.17, 15) is 13.2 Å². The van der Waals surface area contributed by atoms with Crippen molar-refractivity contribution in [3.05, 3.63) is 42.5 Å². The molecule has 0 spiro atoms. The zero-order chi connectivity index (χ0) is 26.3. The topological polar surface area (TPSA) is 121 Å². The van der Waals surface area contributed by atoms with Crippen LogP contribution in [0.3, 0.4) is 0 Å². The van der Waals surface area contributed by atoms with Crippen molar-refractivity contribution in [2.45, 2.75) is 50.5 Å². The summed E-state index contributed by atoms with van der Waals surface area (Å²) in [5, 5.41) is 13.3. The number of aromatic nitrogens is 1. The van der Waals surface area contributed by atoms with Gasteiger partial charge in [-0.05, 0) is 74.7 Å². The maximum absolute atomic E-state index is 12.8. The molecular weight excluding hydrogens is 510 g/mol. The Kier molecular flexibility index (Phi) is 9.36. The molecule has 2 aromatic carbocycles. The highest BCUT2D eigenvalue weighted by molar-refractivity contribution is 7.87. The molecule has 4 rings (SSSR count). The molecule has 1 aromatic heterocycles. The molecule has 0 atom stereocenters. The summed E-state index contributed by atoms with van der Waals surface area (Å²) >= 11 is 1.29. The molecule has 1 amide bonds. The minimum atomic E-state index is -4.00. The standard InChI is InChI=1S/C26H35N5O4S2/c1-18(2)28-15-16-29-20-4-7-22(8-5-20)37(33,34)35-21-6-9-23-24(17-21)36-26(30-23)31-25(32)10-3-19-11-13-27-14-12-19/h4-9,17-19,27-29H,3,10-16H2,1-2H3,(H,30,31,32). The van der Waals surface area contributed by atoms with E-state index >= 15 is 0 Å². The van der Waals surface area contributed by atoms with Crippen LogP contribution in [0.4, 0.5) is 10.8 Å². The molecule has 0 radical (unpaired) electrons. The van der Waals surface area contributed by atoms with Crippen LogP contribution in [0.2, 0.25) is 0 Å². The monoisotopic (exact) mass is 545 g/mol. The molecule has 3 aromatic rings. The van der Waals surface area contributed by atoms with Crippen molar-refractivity contribution in [1.29, 1.82) is 0 Å². The predicted octanol–water partition coefficient (Wildman–Crippen LogP) is 4.19. The third-order valence-electron chi connectivity index (χ3n) is 6.20. The second-order valence-corrected chi connectivity index (χ2v) is 12.1. The average molecular weight is 546 g/mol. The number of anilines is 2. The normalized spacial score (nSPS) is 14.7. The van der Waals surface area contributed by atoms with E-state index in [-0.39, 0.29) is 16.6 Å². The number of carbonyl (C=O) groups excluding carboxylic acids is 1. The van der Waals surface area contributed by atoms with Gasteiger partial charge in [-0.1, -0.05) is 25.2 Å². The highest BCUT2D eigenvalue weighted by Gasteiger charge is 2.18. The number of hydrogen-bond donors (Lipinski definition) is 4. The van der Waals surface area contributed by atoms with Crippen molar-refractivity contribution in [1.82, 2.24) is 15.6 Å². The van der Waals surface area contributed by atoms with Crippen LogP contribution in [0.5, 0.6) is 5.75 Å². The van der Waals surface area contributed by atoms with Gasteiger partial charge >= 0.3 is 10.1 Å². The van der Waals surface area contributed by atoms with Crippen LogP contribution in [0, 0.1) is 5.92 Å². The van der Waals surface area contributed by atoms with Crippen LogP contribution in [-0.2, 0) is 14.9 Å². The molecule has 0 unspecified atom stereocenters. The van der Waals surface area contributed by atoms with E-state index in [0.717, 1.165) is 55.8 Å². The van der Waals surface area contributed by atoms with Crippen LogP contribution in [-0.4, -0.2) is 51.5 Å². The number of nitrogens with one attached hydrogen (secondary N) is 4. The van der Waals surface area contributed by atoms with Gasteiger partial charge in [0.05, 0.1) is 10.2 Å². The van der Waals surface area contributed by atoms with Crippen LogP contribution in [0.15, 0.2) is 47.4 Å². The van der Waals surface area contributed by atoms with Gasteiger partial charge in [-0.3, -0.25) is 4.79 Å². The van der Waals surface area contributed by atoms with Gasteiger partial charge in [0.25, 0.3) is 0 Å². The number of benzene rings is 2. The molecule has 4 N–H and O–H groups in total. The minimum Gasteiger partial charge on any atom is -0.384 e. The average Bonchev–Trinajstić information content (AvgIpc) is 3.27. The highest BCUT2D eigenvalue weighted by Crippen LogP contribution is 2.31. The Balaban J connectivity index is 1.33. The molecule has 37 heavy (non-hydrogen) atoms. The molecule has 9 nitrogen and oxygen atoms in total. The Morgan fingerprint density at radius 1 is 1.14 bits per heavy atom. The van der Waals surface area contributed by atoms with E-state index in [2.05, 4.69) is 40.1 Å². The fourth-order valence-corrected chi connectivity index (χ4v) is 6.01. The Labute approximate surface area is 222 Å². The lowest BCUT2D eigenvalue weighted by Crippen LogP contribution is -2.28. The van der Waals surface area contributed by atoms with Gasteiger partial charge < -0.3 is 25.5 Å². The largest absolute Gasteiger partial charge is 0.384 e. The lowest BCUT2D eigenvalue weighted by atomic mass is 9.93. The molecule has 1 saturated heterocycles. The number of amides is 1. The summed E-state index contributed by atoms with van der Waals surface area (Å²) in [4.78, 5) is 16.9. The maximum atomic E-state index is 12.8. The molecule has 1 aliphatic rings. The molecular formula is C26H35N5O4S2.